The topological polar surface area (TPSA) is 65.7 Å². The van der Waals surface area contributed by atoms with Crippen LogP contribution in [0.3, 0.4) is 0 Å². The molecule has 1 aromatic rings. The SMILES string of the molecule is CCCCNC(=O)CN1CCCC1CC(O)c1ccco1. The second-order valence-corrected chi connectivity index (χ2v) is 5.74. The zero-order valence-electron chi connectivity index (χ0n) is 12.8. The van der Waals surface area contributed by atoms with Gasteiger partial charge < -0.3 is 14.8 Å². The first kappa shape index (κ1) is 16.0. The number of carbonyl (C=O) groups is 1. The summed E-state index contributed by atoms with van der Waals surface area (Å²) in [5, 5.41) is 13.1. The van der Waals surface area contributed by atoms with E-state index in [-0.39, 0.29) is 11.9 Å². The largest absolute Gasteiger partial charge is 0.467 e. The number of aliphatic hydroxyl groups is 1. The van der Waals surface area contributed by atoms with Crippen molar-refractivity contribution < 1.29 is 14.3 Å². The third kappa shape index (κ3) is 4.86. The molecule has 1 amide bonds. The monoisotopic (exact) mass is 294 g/mol. The molecule has 2 atom stereocenters. The maximum absolute atomic E-state index is 11.9. The Morgan fingerprint density at radius 1 is 1.62 bits per heavy atom. The average Bonchev–Trinajstić information content (AvgIpc) is 3.11. The van der Waals surface area contributed by atoms with Crippen LogP contribution in [-0.4, -0.2) is 41.6 Å². The second-order valence-electron chi connectivity index (χ2n) is 5.74. The highest BCUT2D eigenvalue weighted by atomic mass is 16.4. The molecule has 0 aromatic carbocycles. The van der Waals surface area contributed by atoms with E-state index in [0.717, 1.165) is 38.8 Å². The molecule has 0 aliphatic carbocycles. The molecular formula is C16H26N2O3. The molecule has 5 nitrogen and oxygen atoms in total. The molecular weight excluding hydrogens is 268 g/mol. The predicted molar refractivity (Wildman–Crippen MR) is 80.8 cm³/mol. The molecule has 5 heteroatoms. The van der Waals surface area contributed by atoms with Gasteiger partial charge in [-0.25, -0.2) is 0 Å². The van der Waals surface area contributed by atoms with E-state index in [1.54, 1.807) is 18.4 Å². The van der Waals surface area contributed by atoms with Crippen molar-refractivity contribution in [1.82, 2.24) is 10.2 Å². The third-order valence-electron chi connectivity index (χ3n) is 4.07. The molecule has 118 valence electrons. The van der Waals surface area contributed by atoms with Crippen molar-refractivity contribution in [3.63, 3.8) is 0 Å². The highest BCUT2D eigenvalue weighted by Crippen LogP contribution is 2.27. The minimum Gasteiger partial charge on any atom is -0.467 e. The molecule has 0 saturated carbocycles. The zero-order chi connectivity index (χ0) is 15.1. The van der Waals surface area contributed by atoms with Gasteiger partial charge in [-0.1, -0.05) is 13.3 Å². The van der Waals surface area contributed by atoms with Crippen LogP contribution in [0, 0.1) is 0 Å². The Morgan fingerprint density at radius 2 is 2.48 bits per heavy atom. The van der Waals surface area contributed by atoms with Crippen molar-refractivity contribution in [1.29, 1.82) is 0 Å². The lowest BCUT2D eigenvalue weighted by Crippen LogP contribution is -2.40. The number of likely N-dealkylation sites (tertiary alicyclic amines) is 1. The van der Waals surface area contributed by atoms with E-state index >= 15 is 0 Å². The summed E-state index contributed by atoms with van der Waals surface area (Å²) < 4.78 is 5.24. The van der Waals surface area contributed by atoms with Crippen molar-refractivity contribution in [2.75, 3.05) is 19.6 Å². The lowest BCUT2D eigenvalue weighted by atomic mass is 10.1. The van der Waals surface area contributed by atoms with E-state index in [9.17, 15) is 9.90 Å². The van der Waals surface area contributed by atoms with Crippen LogP contribution in [-0.2, 0) is 4.79 Å². The molecule has 1 aliphatic rings. The van der Waals surface area contributed by atoms with E-state index in [1.807, 2.05) is 0 Å². The number of amides is 1. The summed E-state index contributed by atoms with van der Waals surface area (Å²) in [4.78, 5) is 14.1. The van der Waals surface area contributed by atoms with Crippen LogP contribution >= 0.6 is 0 Å². The van der Waals surface area contributed by atoms with E-state index in [2.05, 4.69) is 17.1 Å². The van der Waals surface area contributed by atoms with Crippen LogP contribution in [0.5, 0.6) is 0 Å². The number of furan rings is 1. The van der Waals surface area contributed by atoms with E-state index in [0.29, 0.717) is 18.7 Å². The van der Waals surface area contributed by atoms with Gasteiger partial charge in [-0.15, -0.1) is 0 Å². The second kappa shape index (κ2) is 8.20. The van der Waals surface area contributed by atoms with Crippen molar-refractivity contribution in [3.8, 4) is 0 Å². The summed E-state index contributed by atoms with van der Waals surface area (Å²) in [5.41, 5.74) is 0. The fourth-order valence-electron chi connectivity index (χ4n) is 2.87. The van der Waals surface area contributed by atoms with Gasteiger partial charge in [0.25, 0.3) is 0 Å². The Kier molecular flexibility index (Phi) is 6.26. The van der Waals surface area contributed by atoms with Crippen molar-refractivity contribution in [2.45, 2.75) is 51.2 Å². The lowest BCUT2D eigenvalue weighted by Gasteiger charge is -2.25. The van der Waals surface area contributed by atoms with Crippen LogP contribution in [0.2, 0.25) is 0 Å². The first-order valence-electron chi connectivity index (χ1n) is 7.93. The lowest BCUT2D eigenvalue weighted by molar-refractivity contribution is -0.122. The predicted octanol–water partition coefficient (Wildman–Crippen LogP) is 2.08. The van der Waals surface area contributed by atoms with Crippen molar-refractivity contribution in [2.24, 2.45) is 0 Å². The van der Waals surface area contributed by atoms with Crippen LogP contribution in [0.25, 0.3) is 0 Å². The number of carbonyl (C=O) groups excluding carboxylic acids is 1. The quantitative estimate of drug-likeness (QED) is 0.721. The Labute approximate surface area is 126 Å². The summed E-state index contributed by atoms with van der Waals surface area (Å²) >= 11 is 0. The van der Waals surface area contributed by atoms with Crippen LogP contribution in [0.4, 0.5) is 0 Å². The maximum Gasteiger partial charge on any atom is 0.234 e. The highest BCUT2D eigenvalue weighted by Gasteiger charge is 2.29. The van der Waals surface area contributed by atoms with Gasteiger partial charge in [-0.05, 0) is 44.4 Å². The number of unbranched alkanes of at least 4 members (excludes halogenated alkanes) is 1. The van der Waals surface area contributed by atoms with Gasteiger partial charge in [0.15, 0.2) is 0 Å². The molecule has 2 rings (SSSR count). The minimum absolute atomic E-state index is 0.0860. The molecule has 21 heavy (non-hydrogen) atoms. The normalized spacial score (nSPS) is 20.6. The smallest absolute Gasteiger partial charge is 0.234 e. The molecule has 1 aliphatic heterocycles. The van der Waals surface area contributed by atoms with Gasteiger partial charge in [0.2, 0.25) is 5.91 Å². The van der Waals surface area contributed by atoms with Gasteiger partial charge in [0.1, 0.15) is 11.9 Å². The number of rotatable bonds is 8. The highest BCUT2D eigenvalue weighted by molar-refractivity contribution is 5.78. The molecule has 1 saturated heterocycles. The van der Waals surface area contributed by atoms with Gasteiger partial charge in [-0.3, -0.25) is 9.69 Å². The van der Waals surface area contributed by atoms with Gasteiger partial charge in [0, 0.05) is 12.6 Å². The third-order valence-corrected chi connectivity index (χ3v) is 4.07. The van der Waals surface area contributed by atoms with Crippen molar-refractivity contribution >= 4 is 5.91 Å². The molecule has 2 N–H and O–H groups in total. The fourth-order valence-corrected chi connectivity index (χ4v) is 2.87. The minimum atomic E-state index is -0.589. The average molecular weight is 294 g/mol. The molecule has 2 heterocycles. The summed E-state index contributed by atoms with van der Waals surface area (Å²) in [6.45, 7) is 4.22. The number of hydrogen-bond donors (Lipinski definition) is 2. The Balaban J connectivity index is 1.78. The Hall–Kier alpha value is -1.33. The summed E-state index contributed by atoms with van der Waals surface area (Å²) in [5.74, 6) is 0.692. The molecule has 0 radical (unpaired) electrons. The molecule has 0 bridgehead atoms. The van der Waals surface area contributed by atoms with Crippen LogP contribution in [0.15, 0.2) is 22.8 Å². The van der Waals surface area contributed by atoms with Crippen LogP contribution < -0.4 is 5.32 Å². The van der Waals surface area contributed by atoms with E-state index in [4.69, 9.17) is 4.42 Å². The number of nitrogens with one attached hydrogen (secondary N) is 1. The number of nitrogens with zero attached hydrogens (tertiary/aromatic N) is 1. The number of aliphatic hydroxyl groups excluding tert-OH is 1. The molecule has 0 spiro atoms. The Morgan fingerprint density at radius 3 is 3.19 bits per heavy atom. The Bertz CT molecular complexity index is 419. The first-order chi connectivity index (χ1) is 10.2. The van der Waals surface area contributed by atoms with E-state index in [1.165, 1.54) is 0 Å². The number of hydrogen-bond acceptors (Lipinski definition) is 4. The maximum atomic E-state index is 11.9. The van der Waals surface area contributed by atoms with Gasteiger partial charge >= 0.3 is 0 Å². The standard InChI is InChI=1S/C16H26N2O3/c1-2-3-8-17-16(20)12-18-9-4-6-13(18)11-14(19)15-7-5-10-21-15/h5,7,10,13-14,19H,2-4,6,8-9,11-12H2,1H3,(H,17,20). The summed E-state index contributed by atoms with van der Waals surface area (Å²) in [7, 11) is 0. The zero-order valence-corrected chi connectivity index (χ0v) is 12.8. The van der Waals surface area contributed by atoms with Crippen molar-refractivity contribution in [3.05, 3.63) is 24.2 Å². The van der Waals surface area contributed by atoms with Crippen LogP contribution in [0.1, 0.15) is 50.9 Å². The first-order valence-corrected chi connectivity index (χ1v) is 7.93. The molecule has 2 unspecified atom stereocenters. The van der Waals surface area contributed by atoms with E-state index < -0.39 is 6.10 Å². The molecule has 1 fully saturated rings. The summed E-state index contributed by atoms with van der Waals surface area (Å²) in [6, 6.07) is 3.83. The fraction of sp³-hybridized carbons (Fsp3) is 0.688. The summed E-state index contributed by atoms with van der Waals surface area (Å²) in [6.07, 6.45) is 5.82. The van der Waals surface area contributed by atoms with Gasteiger partial charge in [-0.2, -0.15) is 0 Å². The van der Waals surface area contributed by atoms with Gasteiger partial charge in [0.05, 0.1) is 12.8 Å². The molecule has 1 aromatic heterocycles.